The third-order valence-electron chi connectivity index (χ3n) is 3.45. The highest BCUT2D eigenvalue weighted by Gasteiger charge is 2.13. The summed E-state index contributed by atoms with van der Waals surface area (Å²) in [4.78, 5) is 0.453. The molecule has 0 amide bonds. The highest BCUT2D eigenvalue weighted by atomic mass is 32.2. The summed E-state index contributed by atoms with van der Waals surface area (Å²) in [5, 5.41) is 0. The molecule has 0 radical (unpaired) electrons. The second kappa shape index (κ2) is 8.96. The van der Waals surface area contributed by atoms with E-state index in [0.717, 1.165) is 31.2 Å². The van der Waals surface area contributed by atoms with Crippen LogP contribution in [0.15, 0.2) is 41.8 Å². The summed E-state index contributed by atoms with van der Waals surface area (Å²) >= 11 is 0. The van der Waals surface area contributed by atoms with E-state index in [4.69, 9.17) is 0 Å². The molecule has 2 nitrogen and oxygen atoms in total. The van der Waals surface area contributed by atoms with Crippen molar-refractivity contribution in [1.29, 1.82) is 0 Å². The molecule has 0 saturated heterocycles. The van der Waals surface area contributed by atoms with E-state index in [2.05, 4.69) is 6.58 Å². The van der Waals surface area contributed by atoms with E-state index in [1.807, 2.05) is 25.1 Å². The first-order chi connectivity index (χ1) is 9.56. The topological polar surface area (TPSA) is 34.1 Å². The number of aryl methyl sites for hydroxylation is 1. The summed E-state index contributed by atoms with van der Waals surface area (Å²) < 4.78 is 24.2. The van der Waals surface area contributed by atoms with Crippen molar-refractivity contribution >= 4 is 9.84 Å². The minimum Gasteiger partial charge on any atom is -0.224 e. The molecule has 0 heterocycles. The highest BCUT2D eigenvalue weighted by Crippen LogP contribution is 2.15. The van der Waals surface area contributed by atoms with E-state index in [-0.39, 0.29) is 5.75 Å². The van der Waals surface area contributed by atoms with Gasteiger partial charge in [0.25, 0.3) is 0 Å². The lowest BCUT2D eigenvalue weighted by atomic mass is 10.1. The molecule has 0 unspecified atom stereocenters. The molecule has 0 saturated carbocycles. The number of sulfone groups is 1. The van der Waals surface area contributed by atoms with Gasteiger partial charge in [-0.2, -0.15) is 0 Å². The Balaban J connectivity index is 2.23. The van der Waals surface area contributed by atoms with Crippen molar-refractivity contribution in [1.82, 2.24) is 0 Å². The largest absolute Gasteiger partial charge is 0.224 e. The van der Waals surface area contributed by atoms with Gasteiger partial charge in [0.15, 0.2) is 9.84 Å². The van der Waals surface area contributed by atoms with Crippen molar-refractivity contribution in [2.24, 2.45) is 0 Å². The molecule has 1 aromatic rings. The van der Waals surface area contributed by atoms with Crippen molar-refractivity contribution in [3.63, 3.8) is 0 Å². The van der Waals surface area contributed by atoms with Gasteiger partial charge in [0.05, 0.1) is 10.6 Å². The Morgan fingerprint density at radius 1 is 0.950 bits per heavy atom. The maximum Gasteiger partial charge on any atom is 0.178 e. The molecule has 1 aromatic carbocycles. The van der Waals surface area contributed by atoms with Gasteiger partial charge < -0.3 is 0 Å². The molecular weight excluding hydrogens is 268 g/mol. The Labute approximate surface area is 123 Å². The molecular formula is C17H26O2S. The second-order valence-corrected chi connectivity index (χ2v) is 7.44. The lowest BCUT2D eigenvalue weighted by Gasteiger charge is -2.05. The van der Waals surface area contributed by atoms with Crippen LogP contribution in [0.25, 0.3) is 0 Å². The predicted octanol–water partition coefficient (Wildman–Crippen LogP) is 4.69. The van der Waals surface area contributed by atoms with Gasteiger partial charge in [0.2, 0.25) is 0 Å². The quantitative estimate of drug-likeness (QED) is 0.463. The lowest BCUT2D eigenvalue weighted by Crippen LogP contribution is -2.06. The van der Waals surface area contributed by atoms with E-state index in [0.29, 0.717) is 4.90 Å². The van der Waals surface area contributed by atoms with Crippen LogP contribution in [0.5, 0.6) is 0 Å². The zero-order chi connectivity index (χ0) is 14.8. The van der Waals surface area contributed by atoms with Crippen LogP contribution in [0, 0.1) is 6.92 Å². The molecule has 0 bridgehead atoms. The van der Waals surface area contributed by atoms with Crippen LogP contribution >= 0.6 is 0 Å². The smallest absolute Gasteiger partial charge is 0.178 e. The summed E-state index contributed by atoms with van der Waals surface area (Å²) in [6.07, 6.45) is 9.54. The highest BCUT2D eigenvalue weighted by molar-refractivity contribution is 7.91. The van der Waals surface area contributed by atoms with Crippen LogP contribution < -0.4 is 0 Å². The van der Waals surface area contributed by atoms with Crippen molar-refractivity contribution in [2.45, 2.75) is 56.8 Å². The number of allylic oxidation sites excluding steroid dienone is 1. The average molecular weight is 294 g/mol. The van der Waals surface area contributed by atoms with E-state index < -0.39 is 9.84 Å². The fourth-order valence-electron chi connectivity index (χ4n) is 2.15. The van der Waals surface area contributed by atoms with Gasteiger partial charge in [-0.05, 0) is 38.3 Å². The first-order valence-electron chi connectivity index (χ1n) is 7.46. The van der Waals surface area contributed by atoms with Gasteiger partial charge in [0.1, 0.15) is 0 Å². The summed E-state index contributed by atoms with van der Waals surface area (Å²) in [6.45, 7) is 5.66. The zero-order valence-electron chi connectivity index (χ0n) is 12.5. The predicted molar refractivity (Wildman–Crippen MR) is 85.7 cm³/mol. The van der Waals surface area contributed by atoms with E-state index in [1.54, 1.807) is 12.1 Å². The normalized spacial score (nSPS) is 11.4. The van der Waals surface area contributed by atoms with E-state index in [1.165, 1.54) is 19.3 Å². The fourth-order valence-corrected chi connectivity index (χ4v) is 3.52. The van der Waals surface area contributed by atoms with Crippen LogP contribution in [0.4, 0.5) is 0 Å². The minimum atomic E-state index is -3.09. The van der Waals surface area contributed by atoms with Crippen molar-refractivity contribution in [3.05, 3.63) is 42.5 Å². The molecule has 0 spiro atoms. The summed E-state index contributed by atoms with van der Waals surface area (Å²) in [6, 6.07) is 7.12. The summed E-state index contributed by atoms with van der Waals surface area (Å²) in [7, 11) is -3.09. The third kappa shape index (κ3) is 6.38. The molecule has 0 atom stereocenters. The SMILES string of the molecule is C=CCCCCCCCCS(=O)(=O)c1ccc(C)cc1. The number of hydrogen-bond donors (Lipinski definition) is 0. The van der Waals surface area contributed by atoms with Gasteiger partial charge in [-0.15, -0.1) is 6.58 Å². The molecule has 0 aliphatic rings. The molecule has 112 valence electrons. The Bertz CT molecular complexity index is 486. The first kappa shape index (κ1) is 17.0. The molecule has 0 aromatic heterocycles. The maximum atomic E-state index is 12.1. The average Bonchev–Trinajstić information content (AvgIpc) is 2.42. The molecule has 0 N–H and O–H groups in total. The summed E-state index contributed by atoms with van der Waals surface area (Å²) in [5.74, 6) is 0.267. The van der Waals surface area contributed by atoms with Gasteiger partial charge in [-0.1, -0.05) is 49.5 Å². The number of hydrogen-bond acceptors (Lipinski definition) is 2. The van der Waals surface area contributed by atoms with Gasteiger partial charge in [-0.3, -0.25) is 0 Å². The molecule has 20 heavy (non-hydrogen) atoms. The number of rotatable bonds is 10. The molecule has 1 rings (SSSR count). The van der Waals surface area contributed by atoms with Crippen LogP contribution in [0.1, 0.15) is 50.5 Å². The monoisotopic (exact) mass is 294 g/mol. The molecule has 3 heteroatoms. The van der Waals surface area contributed by atoms with Crippen LogP contribution in [0.3, 0.4) is 0 Å². The summed E-state index contributed by atoms with van der Waals surface area (Å²) in [5.41, 5.74) is 1.09. The van der Waals surface area contributed by atoms with Crippen LogP contribution in [-0.2, 0) is 9.84 Å². The lowest BCUT2D eigenvalue weighted by molar-refractivity contribution is 0.581. The molecule has 0 fully saturated rings. The van der Waals surface area contributed by atoms with Gasteiger partial charge >= 0.3 is 0 Å². The van der Waals surface area contributed by atoms with Crippen molar-refractivity contribution < 1.29 is 8.42 Å². The molecule has 0 aliphatic carbocycles. The second-order valence-electron chi connectivity index (χ2n) is 5.33. The van der Waals surface area contributed by atoms with Gasteiger partial charge in [-0.25, -0.2) is 8.42 Å². The Morgan fingerprint density at radius 3 is 2.10 bits per heavy atom. The van der Waals surface area contributed by atoms with E-state index in [9.17, 15) is 8.42 Å². The van der Waals surface area contributed by atoms with Gasteiger partial charge in [0, 0.05) is 0 Å². The Kier molecular flexibility index (Phi) is 7.60. The Morgan fingerprint density at radius 2 is 1.50 bits per heavy atom. The van der Waals surface area contributed by atoms with Crippen LogP contribution in [-0.4, -0.2) is 14.2 Å². The van der Waals surface area contributed by atoms with Crippen LogP contribution in [0.2, 0.25) is 0 Å². The fraction of sp³-hybridized carbons (Fsp3) is 0.529. The van der Waals surface area contributed by atoms with Crippen molar-refractivity contribution in [3.8, 4) is 0 Å². The minimum absolute atomic E-state index is 0.267. The van der Waals surface area contributed by atoms with E-state index >= 15 is 0 Å². The third-order valence-corrected chi connectivity index (χ3v) is 5.27. The standard InChI is InChI=1S/C17H26O2S/c1-3-4-5-6-7-8-9-10-15-20(18,19)17-13-11-16(2)12-14-17/h3,11-14H,1,4-10,15H2,2H3. The number of benzene rings is 1. The zero-order valence-corrected chi connectivity index (χ0v) is 13.3. The van der Waals surface area contributed by atoms with Crippen molar-refractivity contribution in [2.75, 3.05) is 5.75 Å². The maximum absolute atomic E-state index is 12.1. The molecule has 0 aliphatic heterocycles. The first-order valence-corrected chi connectivity index (χ1v) is 9.12. The number of unbranched alkanes of at least 4 members (excludes halogenated alkanes) is 6. The Hall–Kier alpha value is -1.09.